The molecule has 0 fully saturated rings. The third-order valence-electron chi connectivity index (χ3n) is 3.13. The molecule has 0 heterocycles. The van der Waals surface area contributed by atoms with Gasteiger partial charge in [0.05, 0.1) is 14.2 Å². The quantitative estimate of drug-likeness (QED) is 0.910. The molecule has 0 atom stereocenters. The van der Waals surface area contributed by atoms with Gasteiger partial charge in [-0.2, -0.15) is 0 Å². The van der Waals surface area contributed by atoms with E-state index in [1.807, 2.05) is 43.4 Å². The maximum atomic E-state index is 6.07. The van der Waals surface area contributed by atoms with E-state index in [1.165, 1.54) is 0 Å². The molecule has 0 aromatic heterocycles. The van der Waals surface area contributed by atoms with Crippen molar-refractivity contribution in [1.82, 2.24) is 5.32 Å². The lowest BCUT2D eigenvalue weighted by Crippen LogP contribution is -2.06. The van der Waals surface area contributed by atoms with Gasteiger partial charge in [0.1, 0.15) is 0 Å². The zero-order valence-corrected chi connectivity index (χ0v) is 12.6. The maximum absolute atomic E-state index is 6.07. The van der Waals surface area contributed by atoms with Gasteiger partial charge in [-0.1, -0.05) is 23.7 Å². The molecule has 1 N–H and O–H groups in total. The molecule has 4 heteroatoms. The highest BCUT2D eigenvalue weighted by Gasteiger charge is 2.09. The number of nitrogens with one attached hydrogen (secondary N) is 1. The Balaban J connectivity index is 2.50. The Kier molecular flexibility index (Phi) is 4.88. The first-order valence-corrected chi connectivity index (χ1v) is 6.72. The van der Waals surface area contributed by atoms with E-state index in [1.54, 1.807) is 14.2 Å². The maximum Gasteiger partial charge on any atom is 0.161 e. The molecule has 2 aromatic carbocycles. The second kappa shape index (κ2) is 6.64. The molecule has 3 nitrogen and oxygen atoms in total. The topological polar surface area (TPSA) is 30.5 Å². The molecule has 0 aliphatic heterocycles. The zero-order chi connectivity index (χ0) is 14.5. The van der Waals surface area contributed by atoms with Crippen LogP contribution in [0.25, 0.3) is 11.1 Å². The molecule has 0 radical (unpaired) electrons. The number of rotatable bonds is 5. The van der Waals surface area contributed by atoms with E-state index < -0.39 is 0 Å². The van der Waals surface area contributed by atoms with Crippen LogP contribution in [0.5, 0.6) is 11.5 Å². The Bertz CT molecular complexity index is 599. The average molecular weight is 292 g/mol. The number of ether oxygens (including phenoxy) is 2. The van der Waals surface area contributed by atoms with Crippen LogP contribution in [-0.2, 0) is 6.54 Å². The predicted octanol–water partition coefficient (Wildman–Crippen LogP) is 3.74. The minimum absolute atomic E-state index is 0.718. The first-order chi connectivity index (χ1) is 9.69. The van der Waals surface area contributed by atoms with Crippen molar-refractivity contribution in [3.63, 3.8) is 0 Å². The molecule has 0 aliphatic carbocycles. The first kappa shape index (κ1) is 14.7. The molecule has 0 unspecified atom stereocenters. The van der Waals surface area contributed by atoms with Crippen molar-refractivity contribution in [3.05, 3.63) is 47.0 Å². The van der Waals surface area contributed by atoms with Crippen molar-refractivity contribution in [2.75, 3.05) is 21.3 Å². The van der Waals surface area contributed by atoms with E-state index in [4.69, 9.17) is 21.1 Å². The third-order valence-corrected chi connectivity index (χ3v) is 3.36. The van der Waals surface area contributed by atoms with Crippen LogP contribution in [0.15, 0.2) is 36.4 Å². The SMILES string of the molecule is CNCc1cc(Cl)ccc1-c1ccc(OC)c(OC)c1. The molecule has 20 heavy (non-hydrogen) atoms. The van der Waals surface area contributed by atoms with Crippen LogP contribution >= 0.6 is 11.6 Å². The van der Waals surface area contributed by atoms with Gasteiger partial charge >= 0.3 is 0 Å². The summed E-state index contributed by atoms with van der Waals surface area (Å²) in [6, 6.07) is 11.8. The Morgan fingerprint density at radius 3 is 2.40 bits per heavy atom. The van der Waals surface area contributed by atoms with Crippen LogP contribution in [-0.4, -0.2) is 21.3 Å². The normalized spacial score (nSPS) is 10.4. The highest BCUT2D eigenvalue weighted by atomic mass is 35.5. The highest BCUT2D eigenvalue weighted by Crippen LogP contribution is 2.34. The predicted molar refractivity (Wildman–Crippen MR) is 82.8 cm³/mol. The van der Waals surface area contributed by atoms with Crippen molar-refractivity contribution in [3.8, 4) is 22.6 Å². The van der Waals surface area contributed by atoms with Gasteiger partial charge in [0.15, 0.2) is 11.5 Å². The van der Waals surface area contributed by atoms with Crippen molar-refractivity contribution in [2.24, 2.45) is 0 Å². The standard InChI is InChI=1S/C16H18ClNO2/c1-18-10-12-8-13(17)5-6-14(12)11-4-7-15(19-2)16(9-11)20-3/h4-9,18H,10H2,1-3H3. The fraction of sp³-hybridized carbons (Fsp3) is 0.250. The molecular weight excluding hydrogens is 274 g/mol. The van der Waals surface area contributed by atoms with Crippen LogP contribution in [0.4, 0.5) is 0 Å². The molecule has 0 saturated carbocycles. The largest absolute Gasteiger partial charge is 0.493 e. The summed E-state index contributed by atoms with van der Waals surface area (Å²) < 4.78 is 10.6. The number of methoxy groups -OCH3 is 2. The summed E-state index contributed by atoms with van der Waals surface area (Å²) in [5, 5.41) is 3.89. The second-order valence-electron chi connectivity index (χ2n) is 4.40. The smallest absolute Gasteiger partial charge is 0.161 e. The van der Waals surface area contributed by atoms with E-state index in [-0.39, 0.29) is 0 Å². The van der Waals surface area contributed by atoms with Gasteiger partial charge in [-0.05, 0) is 48.0 Å². The molecule has 0 spiro atoms. The Morgan fingerprint density at radius 1 is 1.00 bits per heavy atom. The van der Waals surface area contributed by atoms with E-state index in [0.717, 1.165) is 39.8 Å². The summed E-state index contributed by atoms with van der Waals surface area (Å²) in [4.78, 5) is 0. The molecule has 2 rings (SSSR count). The number of hydrogen-bond donors (Lipinski definition) is 1. The molecular formula is C16H18ClNO2. The van der Waals surface area contributed by atoms with Gasteiger partial charge in [-0.3, -0.25) is 0 Å². The monoisotopic (exact) mass is 291 g/mol. The Hall–Kier alpha value is -1.71. The van der Waals surface area contributed by atoms with E-state index in [2.05, 4.69) is 5.32 Å². The first-order valence-electron chi connectivity index (χ1n) is 6.35. The molecule has 0 aliphatic rings. The van der Waals surface area contributed by atoms with Gasteiger partial charge in [0.2, 0.25) is 0 Å². The number of halogens is 1. The van der Waals surface area contributed by atoms with Crippen LogP contribution in [0, 0.1) is 0 Å². The van der Waals surface area contributed by atoms with Crippen molar-refractivity contribution >= 4 is 11.6 Å². The van der Waals surface area contributed by atoms with E-state index in [9.17, 15) is 0 Å². The summed E-state index contributed by atoms with van der Waals surface area (Å²) >= 11 is 6.07. The summed E-state index contributed by atoms with van der Waals surface area (Å²) in [6.45, 7) is 0.754. The summed E-state index contributed by atoms with van der Waals surface area (Å²) in [5.74, 6) is 1.44. The lowest BCUT2D eigenvalue weighted by atomic mass is 9.99. The van der Waals surface area contributed by atoms with Gasteiger partial charge in [-0.15, -0.1) is 0 Å². The third kappa shape index (κ3) is 3.06. The van der Waals surface area contributed by atoms with Gasteiger partial charge in [-0.25, -0.2) is 0 Å². The number of benzene rings is 2. The summed E-state index contributed by atoms with van der Waals surface area (Å²) in [5.41, 5.74) is 3.35. The second-order valence-corrected chi connectivity index (χ2v) is 4.84. The van der Waals surface area contributed by atoms with Crippen molar-refractivity contribution < 1.29 is 9.47 Å². The van der Waals surface area contributed by atoms with E-state index in [0.29, 0.717) is 0 Å². The lowest BCUT2D eigenvalue weighted by molar-refractivity contribution is 0.355. The summed E-state index contributed by atoms with van der Waals surface area (Å²) in [6.07, 6.45) is 0. The van der Waals surface area contributed by atoms with Gasteiger partial charge < -0.3 is 14.8 Å². The van der Waals surface area contributed by atoms with E-state index >= 15 is 0 Å². The molecule has 0 amide bonds. The minimum atomic E-state index is 0.718. The molecule has 106 valence electrons. The van der Waals surface area contributed by atoms with Crippen molar-refractivity contribution in [1.29, 1.82) is 0 Å². The van der Waals surface area contributed by atoms with Crippen LogP contribution in [0.1, 0.15) is 5.56 Å². The molecule has 2 aromatic rings. The zero-order valence-electron chi connectivity index (χ0n) is 11.9. The molecule has 0 bridgehead atoms. The fourth-order valence-electron chi connectivity index (χ4n) is 2.18. The van der Waals surface area contributed by atoms with Crippen LogP contribution in [0.2, 0.25) is 5.02 Å². The van der Waals surface area contributed by atoms with Crippen LogP contribution in [0.3, 0.4) is 0 Å². The lowest BCUT2D eigenvalue weighted by Gasteiger charge is -2.13. The Morgan fingerprint density at radius 2 is 1.75 bits per heavy atom. The highest BCUT2D eigenvalue weighted by molar-refractivity contribution is 6.30. The minimum Gasteiger partial charge on any atom is -0.493 e. The average Bonchev–Trinajstić information content (AvgIpc) is 2.47. The van der Waals surface area contributed by atoms with Crippen molar-refractivity contribution in [2.45, 2.75) is 6.54 Å². The number of hydrogen-bond acceptors (Lipinski definition) is 3. The summed E-state index contributed by atoms with van der Waals surface area (Å²) in [7, 11) is 5.18. The Labute approximate surface area is 124 Å². The van der Waals surface area contributed by atoms with Gasteiger partial charge in [0, 0.05) is 11.6 Å². The van der Waals surface area contributed by atoms with Crippen LogP contribution < -0.4 is 14.8 Å². The molecule has 0 saturated heterocycles. The fourth-order valence-corrected chi connectivity index (χ4v) is 2.38. The van der Waals surface area contributed by atoms with Gasteiger partial charge in [0.25, 0.3) is 0 Å².